The van der Waals surface area contributed by atoms with E-state index >= 15 is 0 Å². The van der Waals surface area contributed by atoms with Gasteiger partial charge in [-0.15, -0.1) is 0 Å². The first-order chi connectivity index (χ1) is 10.6. The summed E-state index contributed by atoms with van der Waals surface area (Å²) in [5, 5.41) is 8.66. The molecule has 3 heterocycles. The molecule has 0 bridgehead atoms. The Hall–Kier alpha value is -2.70. The quantitative estimate of drug-likeness (QED) is 0.759. The van der Waals surface area contributed by atoms with Gasteiger partial charge >= 0.3 is 0 Å². The van der Waals surface area contributed by atoms with Crippen molar-refractivity contribution in [2.75, 3.05) is 17.6 Å². The number of rotatable bonds is 4. The molecule has 3 rings (SSSR count). The van der Waals surface area contributed by atoms with E-state index in [-0.39, 0.29) is 0 Å². The first-order valence-electron chi connectivity index (χ1n) is 7.16. The first-order valence-corrected chi connectivity index (χ1v) is 7.16. The Bertz CT molecular complexity index is 822. The first kappa shape index (κ1) is 14.2. The zero-order chi connectivity index (χ0) is 15.7. The van der Waals surface area contributed by atoms with Crippen LogP contribution in [0.1, 0.15) is 17.0 Å². The highest BCUT2D eigenvalue weighted by Crippen LogP contribution is 2.19. The molecule has 3 aromatic heterocycles. The third kappa shape index (κ3) is 2.57. The normalized spacial score (nSPS) is 11.0. The van der Waals surface area contributed by atoms with Gasteiger partial charge in [0.2, 0.25) is 0 Å². The summed E-state index contributed by atoms with van der Waals surface area (Å²) < 4.78 is 1.91. The van der Waals surface area contributed by atoms with Crippen LogP contribution in [0, 0.1) is 13.8 Å². The third-order valence-corrected chi connectivity index (χ3v) is 3.84. The maximum absolute atomic E-state index is 5.68. The molecular weight excluding hydrogens is 278 g/mol. The van der Waals surface area contributed by atoms with Crippen LogP contribution in [-0.2, 0) is 13.5 Å². The minimum absolute atomic E-state index is 0.457. The lowest BCUT2D eigenvalue weighted by Gasteiger charge is -2.08. The van der Waals surface area contributed by atoms with Crippen LogP contribution in [0.25, 0.3) is 11.0 Å². The second-order valence-electron chi connectivity index (χ2n) is 5.28. The third-order valence-electron chi connectivity index (χ3n) is 3.84. The number of nitrogens with one attached hydrogen (secondary N) is 1. The van der Waals surface area contributed by atoms with Gasteiger partial charge in [-0.05, 0) is 38.0 Å². The van der Waals surface area contributed by atoms with Gasteiger partial charge in [0.1, 0.15) is 18.0 Å². The smallest absolute Gasteiger partial charge is 0.166 e. The summed E-state index contributed by atoms with van der Waals surface area (Å²) in [7, 11) is 1.97. The van der Waals surface area contributed by atoms with Crippen molar-refractivity contribution in [3.05, 3.63) is 35.4 Å². The van der Waals surface area contributed by atoms with E-state index in [2.05, 4.69) is 32.3 Å². The number of pyridine rings is 1. The molecule has 0 aliphatic heterocycles. The fourth-order valence-corrected chi connectivity index (χ4v) is 2.58. The largest absolute Gasteiger partial charge is 0.384 e. The van der Waals surface area contributed by atoms with E-state index in [4.69, 9.17) is 5.73 Å². The second-order valence-corrected chi connectivity index (χ2v) is 5.28. The molecule has 0 aromatic carbocycles. The van der Waals surface area contributed by atoms with Crippen molar-refractivity contribution in [1.29, 1.82) is 0 Å². The SMILES string of the molecule is Cc1nn(C)c(C)c1CCNc1ncnc2nc(N)ccc12. The number of anilines is 2. The van der Waals surface area contributed by atoms with Crippen LogP contribution in [0.5, 0.6) is 0 Å². The molecule has 0 fully saturated rings. The molecule has 0 spiro atoms. The Balaban J connectivity index is 1.77. The summed E-state index contributed by atoms with van der Waals surface area (Å²) in [6.07, 6.45) is 2.39. The molecule has 0 saturated heterocycles. The molecule has 0 amide bonds. The van der Waals surface area contributed by atoms with Gasteiger partial charge in [0.15, 0.2) is 5.65 Å². The molecule has 3 N–H and O–H groups in total. The van der Waals surface area contributed by atoms with Crippen molar-refractivity contribution in [2.45, 2.75) is 20.3 Å². The number of hydrogen-bond donors (Lipinski definition) is 2. The van der Waals surface area contributed by atoms with Crippen molar-refractivity contribution >= 4 is 22.7 Å². The van der Waals surface area contributed by atoms with Gasteiger partial charge in [0, 0.05) is 19.3 Å². The topological polar surface area (TPSA) is 94.5 Å². The molecule has 7 nitrogen and oxygen atoms in total. The Morgan fingerprint density at radius 2 is 2.05 bits per heavy atom. The van der Waals surface area contributed by atoms with Crippen LogP contribution in [0.2, 0.25) is 0 Å². The molecule has 0 atom stereocenters. The van der Waals surface area contributed by atoms with Crippen LogP contribution in [-0.4, -0.2) is 31.3 Å². The number of nitrogens with two attached hydrogens (primary N) is 1. The predicted molar refractivity (Wildman–Crippen MR) is 86.6 cm³/mol. The van der Waals surface area contributed by atoms with E-state index < -0.39 is 0 Å². The Morgan fingerprint density at radius 3 is 2.77 bits per heavy atom. The van der Waals surface area contributed by atoms with Crippen LogP contribution >= 0.6 is 0 Å². The fraction of sp³-hybridized carbons (Fsp3) is 0.333. The van der Waals surface area contributed by atoms with Crippen molar-refractivity contribution < 1.29 is 0 Å². The van der Waals surface area contributed by atoms with Crippen molar-refractivity contribution in [3.63, 3.8) is 0 Å². The molecule has 3 aromatic rings. The minimum atomic E-state index is 0.457. The zero-order valence-electron chi connectivity index (χ0n) is 13.0. The summed E-state index contributed by atoms with van der Waals surface area (Å²) in [4.78, 5) is 12.6. The molecular formula is C15H19N7. The second kappa shape index (κ2) is 5.59. The predicted octanol–water partition coefficient (Wildman–Crippen LogP) is 1.61. The minimum Gasteiger partial charge on any atom is -0.384 e. The molecule has 0 radical (unpaired) electrons. The number of hydrogen-bond acceptors (Lipinski definition) is 6. The van der Waals surface area contributed by atoms with Gasteiger partial charge < -0.3 is 11.1 Å². The Labute approximate surface area is 128 Å². The molecule has 7 heteroatoms. The summed E-state index contributed by atoms with van der Waals surface area (Å²) in [6, 6.07) is 3.65. The number of aromatic nitrogens is 5. The fourth-order valence-electron chi connectivity index (χ4n) is 2.58. The highest BCUT2D eigenvalue weighted by atomic mass is 15.3. The van der Waals surface area contributed by atoms with E-state index in [9.17, 15) is 0 Å². The van der Waals surface area contributed by atoms with E-state index in [1.807, 2.05) is 24.7 Å². The lowest BCUT2D eigenvalue weighted by Crippen LogP contribution is -2.08. The molecule has 114 valence electrons. The van der Waals surface area contributed by atoms with E-state index in [0.29, 0.717) is 11.5 Å². The van der Waals surface area contributed by atoms with E-state index in [1.165, 1.54) is 17.6 Å². The summed E-state index contributed by atoms with van der Waals surface area (Å²) in [6.45, 7) is 4.89. The summed E-state index contributed by atoms with van der Waals surface area (Å²) >= 11 is 0. The van der Waals surface area contributed by atoms with E-state index in [0.717, 1.165) is 29.9 Å². The lowest BCUT2D eigenvalue weighted by atomic mass is 10.1. The number of aryl methyl sites for hydroxylation is 2. The monoisotopic (exact) mass is 297 g/mol. The van der Waals surface area contributed by atoms with Gasteiger partial charge in [-0.25, -0.2) is 15.0 Å². The van der Waals surface area contributed by atoms with Crippen LogP contribution in [0.15, 0.2) is 18.5 Å². The van der Waals surface area contributed by atoms with Crippen LogP contribution in [0.4, 0.5) is 11.6 Å². The average molecular weight is 297 g/mol. The lowest BCUT2D eigenvalue weighted by molar-refractivity contribution is 0.730. The maximum Gasteiger partial charge on any atom is 0.166 e. The van der Waals surface area contributed by atoms with Crippen molar-refractivity contribution in [1.82, 2.24) is 24.7 Å². The van der Waals surface area contributed by atoms with Crippen LogP contribution < -0.4 is 11.1 Å². The maximum atomic E-state index is 5.68. The van der Waals surface area contributed by atoms with Crippen LogP contribution in [0.3, 0.4) is 0 Å². The zero-order valence-corrected chi connectivity index (χ0v) is 13.0. The van der Waals surface area contributed by atoms with Gasteiger partial charge in [-0.2, -0.15) is 5.10 Å². The molecule has 0 saturated carbocycles. The average Bonchev–Trinajstić information content (AvgIpc) is 2.73. The van der Waals surface area contributed by atoms with Gasteiger partial charge in [-0.1, -0.05) is 0 Å². The highest BCUT2D eigenvalue weighted by Gasteiger charge is 2.10. The number of nitrogens with zero attached hydrogens (tertiary/aromatic N) is 5. The number of nitrogen functional groups attached to an aromatic ring is 1. The number of fused-ring (bicyclic) bond motifs is 1. The van der Waals surface area contributed by atoms with Gasteiger partial charge in [0.25, 0.3) is 0 Å². The highest BCUT2D eigenvalue weighted by molar-refractivity contribution is 5.87. The van der Waals surface area contributed by atoms with Crippen molar-refractivity contribution in [3.8, 4) is 0 Å². The Kier molecular flexibility index (Phi) is 3.62. The Morgan fingerprint density at radius 1 is 1.23 bits per heavy atom. The summed E-state index contributed by atoms with van der Waals surface area (Å²) in [5.41, 5.74) is 9.83. The standard InChI is InChI=1S/C15H19N7/c1-9-11(10(2)22(3)21-9)6-7-17-14-12-4-5-13(16)20-15(12)19-8-18-14/h4-5,8H,6-7H2,1-3H3,(H3,16,17,18,19,20). The molecule has 22 heavy (non-hydrogen) atoms. The molecule has 0 aliphatic carbocycles. The molecule has 0 unspecified atom stereocenters. The van der Waals surface area contributed by atoms with Crippen molar-refractivity contribution in [2.24, 2.45) is 7.05 Å². The van der Waals surface area contributed by atoms with E-state index in [1.54, 1.807) is 6.07 Å². The molecule has 0 aliphatic rings. The summed E-state index contributed by atoms with van der Waals surface area (Å²) in [5.74, 6) is 1.23. The van der Waals surface area contributed by atoms with Gasteiger partial charge in [-0.3, -0.25) is 4.68 Å². The van der Waals surface area contributed by atoms with Gasteiger partial charge in [0.05, 0.1) is 11.1 Å².